The number of carboxylic acids is 1. The molecule has 0 radical (unpaired) electrons. The maximum absolute atomic E-state index is 12.2. The Morgan fingerprint density at radius 2 is 2.33 bits per heavy atom. The largest absolute Gasteiger partial charge is 0.481 e. The van der Waals surface area contributed by atoms with Crippen LogP contribution in [0.1, 0.15) is 17.7 Å². The lowest BCUT2D eigenvalue weighted by atomic mass is 9.98. The molecule has 0 spiro atoms. The first-order chi connectivity index (χ1) is 9.95. The van der Waals surface area contributed by atoms with Gasteiger partial charge in [-0.2, -0.15) is 0 Å². The van der Waals surface area contributed by atoms with Crippen molar-refractivity contribution in [2.24, 2.45) is 5.92 Å². The first-order valence-corrected chi connectivity index (χ1v) is 8.55. The number of aliphatic carboxylic acids is 1. The maximum atomic E-state index is 12.2. The third-order valence-corrected chi connectivity index (χ3v) is 5.34. The molecule has 2 heterocycles. The van der Waals surface area contributed by atoms with Gasteiger partial charge in [0.1, 0.15) is 0 Å². The number of carbonyl (C=O) groups excluding carboxylic acids is 1. The second kappa shape index (κ2) is 7.38. The molecule has 0 aromatic carbocycles. The lowest BCUT2D eigenvalue weighted by Crippen LogP contribution is -2.44. The number of hydrogen-bond donors (Lipinski definition) is 1. The summed E-state index contributed by atoms with van der Waals surface area (Å²) in [6, 6.07) is 2.01. The fourth-order valence-electron chi connectivity index (χ4n) is 2.47. The quantitative estimate of drug-likeness (QED) is 0.858. The first kappa shape index (κ1) is 16.5. The topological polar surface area (TPSA) is 60.9 Å². The van der Waals surface area contributed by atoms with Crippen LogP contribution in [-0.4, -0.2) is 53.5 Å². The van der Waals surface area contributed by atoms with Crippen molar-refractivity contribution < 1.29 is 14.7 Å². The van der Waals surface area contributed by atoms with E-state index in [0.717, 1.165) is 22.3 Å². The molecule has 0 aliphatic carbocycles. The van der Waals surface area contributed by atoms with E-state index in [1.54, 1.807) is 23.3 Å². The number of amides is 1. The number of thiophene rings is 1. The van der Waals surface area contributed by atoms with Gasteiger partial charge in [-0.1, -0.05) is 0 Å². The third-order valence-electron chi connectivity index (χ3n) is 3.65. The molecular formula is C14H19BrN2O3S. The van der Waals surface area contributed by atoms with E-state index in [9.17, 15) is 9.59 Å². The van der Waals surface area contributed by atoms with Gasteiger partial charge in [-0.25, -0.2) is 0 Å². The van der Waals surface area contributed by atoms with Crippen LogP contribution < -0.4 is 0 Å². The van der Waals surface area contributed by atoms with Gasteiger partial charge in [0.2, 0.25) is 5.91 Å². The van der Waals surface area contributed by atoms with Crippen LogP contribution in [0.4, 0.5) is 0 Å². The van der Waals surface area contributed by atoms with Gasteiger partial charge in [-0.3, -0.25) is 14.5 Å². The van der Waals surface area contributed by atoms with Crippen molar-refractivity contribution in [3.05, 3.63) is 20.8 Å². The Morgan fingerprint density at radius 1 is 1.57 bits per heavy atom. The zero-order valence-corrected chi connectivity index (χ0v) is 14.3. The van der Waals surface area contributed by atoms with Gasteiger partial charge >= 0.3 is 5.97 Å². The molecule has 1 N–H and O–H groups in total. The number of halogens is 1. The van der Waals surface area contributed by atoms with Crippen LogP contribution in [0.2, 0.25) is 0 Å². The van der Waals surface area contributed by atoms with E-state index in [1.807, 2.05) is 16.3 Å². The Morgan fingerprint density at radius 3 is 2.95 bits per heavy atom. The summed E-state index contributed by atoms with van der Waals surface area (Å²) in [6.45, 7) is 2.16. The molecule has 1 saturated heterocycles. The minimum Gasteiger partial charge on any atom is -0.481 e. The Bertz CT molecular complexity index is 520. The molecule has 1 fully saturated rings. The SMILES string of the molecule is CN(Cc1cc(Br)cs1)C(=O)CN1CCCC(C(=O)O)C1. The second-order valence-corrected chi connectivity index (χ2v) is 7.31. The number of carboxylic acid groups (broad SMARTS) is 1. The van der Waals surface area contributed by atoms with E-state index >= 15 is 0 Å². The number of hydrogen-bond acceptors (Lipinski definition) is 4. The van der Waals surface area contributed by atoms with Crippen molar-refractivity contribution in [1.82, 2.24) is 9.80 Å². The second-order valence-electron chi connectivity index (χ2n) is 5.39. The van der Waals surface area contributed by atoms with E-state index in [0.29, 0.717) is 26.1 Å². The minimum atomic E-state index is -0.760. The normalized spacial score (nSPS) is 19.4. The predicted octanol–water partition coefficient (Wildman–Crippen LogP) is 2.27. The average molecular weight is 375 g/mol. The fourth-order valence-corrected chi connectivity index (χ4v) is 3.97. The van der Waals surface area contributed by atoms with Gasteiger partial charge in [0.05, 0.1) is 19.0 Å². The number of rotatable bonds is 5. The monoisotopic (exact) mass is 374 g/mol. The summed E-state index contributed by atoms with van der Waals surface area (Å²) < 4.78 is 1.03. The zero-order chi connectivity index (χ0) is 15.4. The van der Waals surface area contributed by atoms with Crippen LogP contribution >= 0.6 is 27.3 Å². The van der Waals surface area contributed by atoms with Crippen LogP contribution in [0.25, 0.3) is 0 Å². The summed E-state index contributed by atoms with van der Waals surface area (Å²) in [5.74, 6) is -1.07. The van der Waals surface area contributed by atoms with Crippen LogP contribution in [-0.2, 0) is 16.1 Å². The van der Waals surface area contributed by atoms with Crippen molar-refractivity contribution in [2.45, 2.75) is 19.4 Å². The van der Waals surface area contributed by atoms with Crippen molar-refractivity contribution in [3.63, 3.8) is 0 Å². The molecule has 1 aromatic rings. The Kier molecular flexibility index (Phi) is 5.78. The molecule has 0 saturated carbocycles. The van der Waals surface area contributed by atoms with E-state index < -0.39 is 5.97 Å². The predicted molar refractivity (Wildman–Crippen MR) is 85.3 cm³/mol. The molecule has 1 atom stereocenters. The highest BCUT2D eigenvalue weighted by molar-refractivity contribution is 9.10. The molecular weight excluding hydrogens is 356 g/mol. The summed E-state index contributed by atoms with van der Waals surface area (Å²) in [5, 5.41) is 11.1. The number of piperidine rings is 1. The molecule has 21 heavy (non-hydrogen) atoms. The van der Waals surface area contributed by atoms with Crippen LogP contribution in [0.15, 0.2) is 15.9 Å². The molecule has 7 heteroatoms. The van der Waals surface area contributed by atoms with E-state index in [-0.39, 0.29) is 11.8 Å². The van der Waals surface area contributed by atoms with Gasteiger partial charge < -0.3 is 10.0 Å². The highest BCUT2D eigenvalue weighted by Gasteiger charge is 2.27. The standard InChI is InChI=1S/C14H19BrN2O3S/c1-16(7-12-5-11(15)9-21-12)13(18)8-17-4-2-3-10(6-17)14(19)20/h5,9-10H,2-4,6-8H2,1H3,(H,19,20). The van der Waals surface area contributed by atoms with Crippen LogP contribution in [0, 0.1) is 5.92 Å². The van der Waals surface area contributed by atoms with Crippen molar-refractivity contribution in [2.75, 3.05) is 26.7 Å². The summed E-state index contributed by atoms with van der Waals surface area (Å²) in [6.07, 6.45) is 1.55. The lowest BCUT2D eigenvalue weighted by Gasteiger charge is -2.31. The maximum Gasteiger partial charge on any atom is 0.307 e. The molecule has 1 unspecified atom stereocenters. The molecule has 0 bridgehead atoms. The Balaban J connectivity index is 1.84. The van der Waals surface area contributed by atoms with E-state index in [2.05, 4.69) is 15.9 Å². The molecule has 5 nitrogen and oxygen atoms in total. The molecule has 1 aromatic heterocycles. The number of likely N-dealkylation sites (tertiary alicyclic amines) is 1. The first-order valence-electron chi connectivity index (χ1n) is 6.87. The summed E-state index contributed by atoms with van der Waals surface area (Å²) in [7, 11) is 1.79. The summed E-state index contributed by atoms with van der Waals surface area (Å²) >= 11 is 5.02. The van der Waals surface area contributed by atoms with Gasteiger partial charge in [0.25, 0.3) is 0 Å². The number of nitrogens with zero attached hydrogens (tertiary/aromatic N) is 2. The summed E-state index contributed by atoms with van der Waals surface area (Å²) in [5.41, 5.74) is 0. The van der Waals surface area contributed by atoms with Crippen molar-refractivity contribution in [1.29, 1.82) is 0 Å². The molecule has 1 aliphatic rings. The molecule has 1 aliphatic heterocycles. The minimum absolute atomic E-state index is 0.0329. The van der Waals surface area contributed by atoms with Crippen molar-refractivity contribution >= 4 is 39.1 Å². The Hall–Kier alpha value is -0.920. The lowest BCUT2D eigenvalue weighted by molar-refractivity contribution is -0.144. The average Bonchev–Trinajstić information content (AvgIpc) is 2.84. The van der Waals surface area contributed by atoms with E-state index in [1.165, 1.54) is 0 Å². The number of likely N-dealkylation sites (N-methyl/N-ethyl adjacent to an activating group) is 1. The van der Waals surface area contributed by atoms with Gasteiger partial charge in [-0.05, 0) is 41.4 Å². The van der Waals surface area contributed by atoms with Crippen LogP contribution in [0.3, 0.4) is 0 Å². The smallest absolute Gasteiger partial charge is 0.307 e. The Labute approximate surface area is 136 Å². The molecule has 1 amide bonds. The third kappa shape index (κ3) is 4.79. The molecule has 116 valence electrons. The number of carbonyl (C=O) groups is 2. The van der Waals surface area contributed by atoms with Crippen LogP contribution in [0.5, 0.6) is 0 Å². The fraction of sp³-hybridized carbons (Fsp3) is 0.571. The van der Waals surface area contributed by atoms with Gasteiger partial charge in [0.15, 0.2) is 0 Å². The zero-order valence-electron chi connectivity index (χ0n) is 11.9. The summed E-state index contributed by atoms with van der Waals surface area (Å²) in [4.78, 5) is 28.0. The van der Waals surface area contributed by atoms with E-state index in [4.69, 9.17) is 5.11 Å². The van der Waals surface area contributed by atoms with Gasteiger partial charge in [0, 0.05) is 28.3 Å². The van der Waals surface area contributed by atoms with Gasteiger partial charge in [-0.15, -0.1) is 11.3 Å². The highest BCUT2D eigenvalue weighted by Crippen LogP contribution is 2.21. The van der Waals surface area contributed by atoms with Crippen molar-refractivity contribution in [3.8, 4) is 0 Å². The molecule has 2 rings (SSSR count). The highest BCUT2D eigenvalue weighted by atomic mass is 79.9.